The van der Waals surface area contributed by atoms with Crippen LogP contribution in [0.5, 0.6) is 5.75 Å². The Labute approximate surface area is 187 Å². The molecule has 2 fully saturated rings. The Morgan fingerprint density at radius 3 is 2.78 bits per heavy atom. The van der Waals surface area contributed by atoms with Crippen molar-refractivity contribution in [3.63, 3.8) is 0 Å². The number of rotatable bonds is 6. The van der Waals surface area contributed by atoms with Crippen LogP contribution in [0.2, 0.25) is 0 Å². The molecule has 1 saturated carbocycles. The molecule has 2 heterocycles. The van der Waals surface area contributed by atoms with Gasteiger partial charge in [-0.3, -0.25) is 14.2 Å². The molecule has 2 aromatic carbocycles. The first-order chi connectivity index (χ1) is 15.5. The highest BCUT2D eigenvalue weighted by Gasteiger charge is 2.24. The van der Waals surface area contributed by atoms with E-state index in [4.69, 9.17) is 4.74 Å². The summed E-state index contributed by atoms with van der Waals surface area (Å²) in [4.78, 5) is 32.7. The standard InChI is InChI=1S/C25H28N4O3/c1-16-5-6-17(24(30)27-18-7-8-18)12-23(16)29-15-26-22-10-9-20(13-21(22)25(29)31)32-14-19-4-3-11-28(19)2/h5-6,9-10,12-13,15,18-19H,3-4,7-8,11,14H2,1-2H3,(H,27,30)/t19-/m0/s1. The molecule has 1 aliphatic heterocycles. The molecule has 32 heavy (non-hydrogen) atoms. The zero-order valence-electron chi connectivity index (χ0n) is 18.5. The minimum Gasteiger partial charge on any atom is -0.492 e. The predicted molar refractivity (Wildman–Crippen MR) is 124 cm³/mol. The Morgan fingerprint density at radius 1 is 1.19 bits per heavy atom. The average Bonchev–Trinajstić information content (AvgIpc) is 3.51. The first kappa shape index (κ1) is 20.7. The average molecular weight is 433 g/mol. The van der Waals surface area contributed by atoms with Crippen LogP contribution in [0.3, 0.4) is 0 Å². The molecule has 1 aliphatic carbocycles. The van der Waals surface area contributed by atoms with Crippen molar-refractivity contribution >= 4 is 16.8 Å². The van der Waals surface area contributed by atoms with Gasteiger partial charge in [0.25, 0.3) is 11.5 Å². The Kier molecular flexibility index (Phi) is 5.43. The summed E-state index contributed by atoms with van der Waals surface area (Å²) < 4.78 is 7.53. The lowest BCUT2D eigenvalue weighted by atomic mass is 10.1. The van der Waals surface area contributed by atoms with Gasteiger partial charge in [-0.15, -0.1) is 0 Å². The Bertz CT molecular complexity index is 1230. The molecule has 5 rings (SSSR count). The molecule has 3 aromatic rings. The molecule has 2 aliphatic rings. The summed E-state index contributed by atoms with van der Waals surface area (Å²) in [7, 11) is 2.12. The van der Waals surface area contributed by atoms with Gasteiger partial charge in [0, 0.05) is 17.6 Å². The summed E-state index contributed by atoms with van der Waals surface area (Å²) in [6, 6.07) is 11.6. The highest BCUT2D eigenvalue weighted by atomic mass is 16.5. The number of fused-ring (bicyclic) bond motifs is 1. The van der Waals surface area contributed by atoms with E-state index in [1.54, 1.807) is 18.2 Å². The van der Waals surface area contributed by atoms with Crippen LogP contribution < -0.4 is 15.6 Å². The van der Waals surface area contributed by atoms with Crippen LogP contribution in [0.25, 0.3) is 16.6 Å². The van der Waals surface area contributed by atoms with Crippen molar-refractivity contribution in [1.82, 2.24) is 19.8 Å². The van der Waals surface area contributed by atoms with Crippen LogP contribution in [0.15, 0.2) is 47.5 Å². The fraction of sp³-hybridized carbons (Fsp3) is 0.400. The summed E-state index contributed by atoms with van der Waals surface area (Å²) in [6.07, 6.45) is 5.90. The lowest BCUT2D eigenvalue weighted by Crippen LogP contribution is -2.30. The van der Waals surface area contributed by atoms with E-state index in [0.717, 1.165) is 31.4 Å². The number of nitrogens with one attached hydrogen (secondary N) is 1. The molecule has 0 unspecified atom stereocenters. The largest absolute Gasteiger partial charge is 0.492 e. The maximum Gasteiger partial charge on any atom is 0.265 e. The number of nitrogens with zero attached hydrogens (tertiary/aromatic N) is 3. The summed E-state index contributed by atoms with van der Waals surface area (Å²) in [5.41, 5.74) is 2.54. The van der Waals surface area contributed by atoms with Crippen LogP contribution in [-0.2, 0) is 0 Å². The maximum atomic E-state index is 13.4. The van der Waals surface area contributed by atoms with Crippen molar-refractivity contribution < 1.29 is 9.53 Å². The van der Waals surface area contributed by atoms with E-state index in [1.807, 2.05) is 25.1 Å². The number of amides is 1. The van der Waals surface area contributed by atoms with Gasteiger partial charge in [0.2, 0.25) is 0 Å². The van der Waals surface area contributed by atoms with Crippen molar-refractivity contribution in [3.8, 4) is 11.4 Å². The summed E-state index contributed by atoms with van der Waals surface area (Å²) >= 11 is 0. The van der Waals surface area contributed by atoms with E-state index in [-0.39, 0.29) is 17.5 Å². The summed E-state index contributed by atoms with van der Waals surface area (Å²) in [5, 5.41) is 3.50. The second-order valence-electron chi connectivity index (χ2n) is 8.94. The second-order valence-corrected chi connectivity index (χ2v) is 8.94. The van der Waals surface area contributed by atoms with Crippen molar-refractivity contribution in [1.29, 1.82) is 0 Å². The smallest absolute Gasteiger partial charge is 0.265 e. The molecular weight excluding hydrogens is 404 g/mol. The van der Waals surface area contributed by atoms with Gasteiger partial charge in [0.05, 0.1) is 16.6 Å². The van der Waals surface area contributed by atoms with E-state index < -0.39 is 0 Å². The van der Waals surface area contributed by atoms with Crippen LogP contribution in [0.4, 0.5) is 0 Å². The number of aryl methyl sites for hydroxylation is 1. The van der Waals surface area contributed by atoms with Crippen molar-refractivity contribution in [2.75, 3.05) is 20.2 Å². The second kappa shape index (κ2) is 8.39. The fourth-order valence-corrected chi connectivity index (χ4v) is 4.25. The zero-order chi connectivity index (χ0) is 22.2. The molecule has 1 saturated heterocycles. The zero-order valence-corrected chi connectivity index (χ0v) is 18.5. The summed E-state index contributed by atoms with van der Waals surface area (Å²) in [5.74, 6) is 0.562. The third-order valence-electron chi connectivity index (χ3n) is 6.49. The lowest BCUT2D eigenvalue weighted by molar-refractivity contribution is 0.0951. The molecule has 1 atom stereocenters. The van der Waals surface area contributed by atoms with E-state index >= 15 is 0 Å². The normalized spacial score (nSPS) is 18.8. The van der Waals surface area contributed by atoms with Crippen molar-refractivity contribution in [2.24, 2.45) is 0 Å². The van der Waals surface area contributed by atoms with Crippen LogP contribution in [0, 0.1) is 6.92 Å². The molecule has 7 nitrogen and oxygen atoms in total. The lowest BCUT2D eigenvalue weighted by Gasteiger charge is -2.19. The van der Waals surface area contributed by atoms with E-state index in [0.29, 0.717) is 40.6 Å². The number of benzene rings is 2. The van der Waals surface area contributed by atoms with Gasteiger partial charge in [-0.25, -0.2) is 4.98 Å². The van der Waals surface area contributed by atoms with Crippen LogP contribution in [-0.4, -0.2) is 52.6 Å². The molecule has 7 heteroatoms. The summed E-state index contributed by atoms with van der Waals surface area (Å²) in [6.45, 7) is 3.62. The molecule has 0 radical (unpaired) electrons. The first-order valence-corrected chi connectivity index (χ1v) is 11.3. The highest BCUT2D eigenvalue weighted by molar-refractivity contribution is 5.95. The first-order valence-electron chi connectivity index (χ1n) is 11.3. The van der Waals surface area contributed by atoms with Crippen LogP contribution >= 0.6 is 0 Å². The monoisotopic (exact) mass is 432 g/mol. The third kappa shape index (κ3) is 4.12. The number of hydrogen-bond donors (Lipinski definition) is 1. The number of hydrogen-bond acceptors (Lipinski definition) is 5. The highest BCUT2D eigenvalue weighted by Crippen LogP contribution is 2.23. The molecule has 1 N–H and O–H groups in total. The Balaban J connectivity index is 1.46. The molecule has 166 valence electrons. The SMILES string of the molecule is Cc1ccc(C(=O)NC2CC2)cc1-n1cnc2ccc(OC[C@@H]3CCCN3C)cc2c1=O. The molecule has 1 amide bonds. The van der Waals surface area contributed by atoms with E-state index in [2.05, 4.69) is 22.2 Å². The van der Waals surface area contributed by atoms with Gasteiger partial charge in [-0.1, -0.05) is 6.07 Å². The minimum absolute atomic E-state index is 0.108. The number of carbonyl (C=O) groups is 1. The number of ether oxygens (including phenoxy) is 1. The number of carbonyl (C=O) groups excluding carboxylic acids is 1. The Hall–Kier alpha value is -3.19. The van der Waals surface area contributed by atoms with Crippen molar-refractivity contribution in [3.05, 3.63) is 64.2 Å². The van der Waals surface area contributed by atoms with Gasteiger partial charge in [-0.2, -0.15) is 0 Å². The molecule has 1 aromatic heterocycles. The molecular formula is C25H28N4O3. The van der Waals surface area contributed by atoms with Gasteiger partial charge < -0.3 is 15.0 Å². The fourth-order valence-electron chi connectivity index (χ4n) is 4.25. The predicted octanol–water partition coefficient (Wildman–Crippen LogP) is 3.06. The quantitative estimate of drug-likeness (QED) is 0.648. The molecule has 0 spiro atoms. The molecule has 0 bridgehead atoms. The maximum absolute atomic E-state index is 13.4. The number of likely N-dealkylation sites (tertiary alicyclic amines) is 1. The van der Waals surface area contributed by atoms with E-state index in [9.17, 15) is 9.59 Å². The van der Waals surface area contributed by atoms with Gasteiger partial charge >= 0.3 is 0 Å². The topological polar surface area (TPSA) is 76.5 Å². The Morgan fingerprint density at radius 2 is 2.03 bits per heavy atom. The third-order valence-corrected chi connectivity index (χ3v) is 6.49. The van der Waals surface area contributed by atoms with Gasteiger partial charge in [0.15, 0.2) is 0 Å². The minimum atomic E-state index is -0.179. The van der Waals surface area contributed by atoms with E-state index in [1.165, 1.54) is 17.3 Å². The van der Waals surface area contributed by atoms with Crippen LogP contribution in [0.1, 0.15) is 41.6 Å². The van der Waals surface area contributed by atoms with Gasteiger partial charge in [0.1, 0.15) is 18.7 Å². The van der Waals surface area contributed by atoms with Gasteiger partial charge in [-0.05, 0) is 82.1 Å². The van der Waals surface area contributed by atoms with Crippen molar-refractivity contribution in [2.45, 2.75) is 44.7 Å². The number of likely N-dealkylation sites (N-methyl/N-ethyl adjacent to an activating group) is 1. The number of aromatic nitrogens is 2.